The zero-order valence-electron chi connectivity index (χ0n) is 16.9. The van der Waals surface area contributed by atoms with Crippen molar-refractivity contribution in [2.75, 3.05) is 13.2 Å². The average molecular weight is 405 g/mol. The first-order chi connectivity index (χ1) is 13.9. The molecule has 0 aliphatic carbocycles. The minimum absolute atomic E-state index is 0.147. The number of hydrogen-bond donors (Lipinski definition) is 2. The van der Waals surface area contributed by atoms with Crippen LogP contribution in [0.2, 0.25) is 0 Å². The number of hydrogen-bond acceptors (Lipinski definition) is 6. The normalized spacial score (nSPS) is 16.1. The van der Waals surface area contributed by atoms with Gasteiger partial charge in [-0.25, -0.2) is 9.59 Å². The molecule has 0 spiro atoms. The van der Waals surface area contributed by atoms with Crippen molar-refractivity contribution in [3.8, 4) is 5.75 Å². The standard InChI is InChI=1S/C20H27N3O6/c1-4-7-8-14-17(19(24)28-6-3)18(22-20(25)21-14)13-9-10-16(29-11-5-2)15(12-13)23(26)27/h9-10,12,18H,4-8,11H2,1-3H3,(H2,21,22,25). The largest absolute Gasteiger partial charge is 0.487 e. The van der Waals surface area contributed by atoms with Crippen LogP contribution in [0.3, 0.4) is 0 Å². The van der Waals surface area contributed by atoms with E-state index in [2.05, 4.69) is 10.6 Å². The van der Waals surface area contributed by atoms with Crippen LogP contribution in [0.15, 0.2) is 29.5 Å². The molecule has 2 amide bonds. The molecule has 0 saturated heterocycles. The molecule has 1 unspecified atom stereocenters. The summed E-state index contributed by atoms with van der Waals surface area (Å²) in [6, 6.07) is 3.12. The molecule has 9 nitrogen and oxygen atoms in total. The van der Waals surface area contributed by atoms with E-state index in [0.717, 1.165) is 12.8 Å². The third kappa shape index (κ3) is 5.46. The topological polar surface area (TPSA) is 120 Å². The average Bonchev–Trinajstić information content (AvgIpc) is 2.70. The molecule has 1 aromatic rings. The zero-order valence-corrected chi connectivity index (χ0v) is 16.9. The molecule has 2 rings (SSSR count). The number of carbonyl (C=O) groups excluding carboxylic acids is 2. The van der Waals surface area contributed by atoms with Crippen molar-refractivity contribution < 1.29 is 24.0 Å². The Hall–Kier alpha value is -3.10. The molecule has 0 fully saturated rings. The Morgan fingerprint density at radius 2 is 2.00 bits per heavy atom. The predicted molar refractivity (Wildman–Crippen MR) is 106 cm³/mol. The Bertz CT molecular complexity index is 805. The van der Waals surface area contributed by atoms with Crippen molar-refractivity contribution >= 4 is 17.7 Å². The number of allylic oxidation sites excluding steroid dienone is 1. The Labute approximate surface area is 169 Å². The summed E-state index contributed by atoms with van der Waals surface area (Å²) in [5.74, 6) is -0.418. The van der Waals surface area contributed by atoms with Gasteiger partial charge in [-0.2, -0.15) is 0 Å². The fourth-order valence-electron chi connectivity index (χ4n) is 3.06. The second kappa shape index (κ2) is 10.4. The van der Waals surface area contributed by atoms with Crippen LogP contribution in [0.25, 0.3) is 0 Å². The van der Waals surface area contributed by atoms with Crippen molar-refractivity contribution in [1.82, 2.24) is 10.6 Å². The Morgan fingerprint density at radius 3 is 2.62 bits per heavy atom. The summed E-state index contributed by atoms with van der Waals surface area (Å²) in [5.41, 5.74) is 0.930. The number of amides is 2. The fourth-order valence-corrected chi connectivity index (χ4v) is 3.06. The molecule has 0 aromatic heterocycles. The molecule has 1 heterocycles. The molecule has 1 atom stereocenters. The highest BCUT2D eigenvalue weighted by molar-refractivity contribution is 5.95. The minimum atomic E-state index is -0.853. The highest BCUT2D eigenvalue weighted by Crippen LogP contribution is 2.35. The van der Waals surface area contributed by atoms with Gasteiger partial charge in [-0.3, -0.25) is 10.1 Å². The van der Waals surface area contributed by atoms with Crippen LogP contribution in [0.5, 0.6) is 5.75 Å². The number of esters is 1. The Balaban J connectivity index is 2.53. The number of nitrogens with one attached hydrogen (secondary N) is 2. The van der Waals surface area contributed by atoms with E-state index in [1.54, 1.807) is 13.0 Å². The molecular weight excluding hydrogens is 378 g/mol. The molecule has 158 valence electrons. The van der Waals surface area contributed by atoms with Crippen LogP contribution in [-0.4, -0.2) is 30.1 Å². The molecule has 2 N–H and O–H groups in total. The number of urea groups is 1. The second-order valence-corrected chi connectivity index (χ2v) is 6.58. The molecule has 1 aliphatic heterocycles. The molecule has 0 bridgehead atoms. The van der Waals surface area contributed by atoms with Crippen LogP contribution < -0.4 is 15.4 Å². The number of unbranched alkanes of at least 4 members (excludes halogenated alkanes) is 1. The second-order valence-electron chi connectivity index (χ2n) is 6.58. The summed E-state index contributed by atoms with van der Waals surface area (Å²) >= 11 is 0. The lowest BCUT2D eigenvalue weighted by Crippen LogP contribution is -2.46. The van der Waals surface area contributed by atoms with Gasteiger partial charge in [-0.1, -0.05) is 26.3 Å². The maximum atomic E-state index is 12.7. The van der Waals surface area contributed by atoms with Gasteiger partial charge in [0.15, 0.2) is 5.75 Å². The van der Waals surface area contributed by atoms with E-state index >= 15 is 0 Å². The lowest BCUT2D eigenvalue weighted by atomic mass is 9.93. The smallest absolute Gasteiger partial charge is 0.338 e. The molecule has 29 heavy (non-hydrogen) atoms. The van der Waals surface area contributed by atoms with E-state index in [-0.39, 0.29) is 23.6 Å². The maximum absolute atomic E-state index is 12.7. The Morgan fingerprint density at radius 1 is 1.24 bits per heavy atom. The van der Waals surface area contributed by atoms with Crippen LogP contribution in [0.4, 0.5) is 10.5 Å². The van der Waals surface area contributed by atoms with Gasteiger partial charge in [-0.05, 0) is 37.8 Å². The van der Waals surface area contributed by atoms with Gasteiger partial charge in [0.2, 0.25) is 0 Å². The Kier molecular flexibility index (Phi) is 7.99. The van der Waals surface area contributed by atoms with Gasteiger partial charge < -0.3 is 20.1 Å². The first-order valence-corrected chi connectivity index (χ1v) is 9.81. The number of nitrogens with zero attached hydrogens (tertiary/aromatic N) is 1. The number of ether oxygens (including phenoxy) is 2. The van der Waals surface area contributed by atoms with E-state index in [4.69, 9.17) is 9.47 Å². The van der Waals surface area contributed by atoms with Crippen LogP contribution in [-0.2, 0) is 9.53 Å². The number of nitro benzene ring substituents is 1. The first kappa shape index (κ1) is 22.2. The third-order valence-corrected chi connectivity index (χ3v) is 4.40. The molecular formula is C20H27N3O6. The molecule has 9 heteroatoms. The molecule has 0 radical (unpaired) electrons. The number of benzene rings is 1. The van der Waals surface area contributed by atoms with E-state index in [0.29, 0.717) is 30.7 Å². The van der Waals surface area contributed by atoms with Crippen molar-refractivity contribution in [2.45, 2.75) is 52.5 Å². The number of carbonyl (C=O) groups is 2. The quantitative estimate of drug-likeness (QED) is 0.348. The monoisotopic (exact) mass is 405 g/mol. The van der Waals surface area contributed by atoms with Gasteiger partial charge in [0.05, 0.1) is 29.8 Å². The van der Waals surface area contributed by atoms with Crippen LogP contribution in [0.1, 0.15) is 58.1 Å². The van der Waals surface area contributed by atoms with Gasteiger partial charge in [0.1, 0.15) is 0 Å². The van der Waals surface area contributed by atoms with Gasteiger partial charge >= 0.3 is 17.7 Å². The van der Waals surface area contributed by atoms with Crippen LogP contribution in [0, 0.1) is 10.1 Å². The summed E-state index contributed by atoms with van der Waals surface area (Å²) < 4.78 is 10.6. The molecule has 1 aliphatic rings. The first-order valence-electron chi connectivity index (χ1n) is 9.81. The zero-order chi connectivity index (χ0) is 21.4. The summed E-state index contributed by atoms with van der Waals surface area (Å²) in [7, 11) is 0. The van der Waals surface area contributed by atoms with Gasteiger partial charge in [0.25, 0.3) is 0 Å². The highest BCUT2D eigenvalue weighted by Gasteiger charge is 2.34. The van der Waals surface area contributed by atoms with E-state index < -0.39 is 23.0 Å². The SMILES string of the molecule is CCCCC1=C(C(=O)OCC)C(c2ccc(OCCC)c([N+](=O)[O-])c2)NC(=O)N1. The number of nitro groups is 1. The fraction of sp³-hybridized carbons (Fsp3) is 0.500. The predicted octanol–water partition coefficient (Wildman–Crippen LogP) is 3.74. The minimum Gasteiger partial charge on any atom is -0.487 e. The summed E-state index contributed by atoms with van der Waals surface area (Å²) in [6.45, 7) is 6.12. The van der Waals surface area contributed by atoms with Crippen molar-refractivity contribution in [1.29, 1.82) is 0 Å². The van der Waals surface area contributed by atoms with E-state index in [1.165, 1.54) is 12.1 Å². The van der Waals surface area contributed by atoms with Gasteiger partial charge in [-0.15, -0.1) is 0 Å². The summed E-state index contributed by atoms with van der Waals surface area (Å²) in [4.78, 5) is 35.9. The third-order valence-electron chi connectivity index (χ3n) is 4.40. The van der Waals surface area contributed by atoms with Crippen molar-refractivity contribution in [3.63, 3.8) is 0 Å². The van der Waals surface area contributed by atoms with E-state index in [9.17, 15) is 19.7 Å². The lowest BCUT2D eigenvalue weighted by Gasteiger charge is -2.29. The lowest BCUT2D eigenvalue weighted by molar-refractivity contribution is -0.385. The van der Waals surface area contributed by atoms with E-state index in [1.807, 2.05) is 13.8 Å². The summed E-state index contributed by atoms with van der Waals surface area (Å²) in [6.07, 6.45) is 2.85. The maximum Gasteiger partial charge on any atom is 0.338 e. The molecule has 0 saturated carbocycles. The highest BCUT2D eigenvalue weighted by atomic mass is 16.6. The van der Waals surface area contributed by atoms with Crippen molar-refractivity contribution in [3.05, 3.63) is 45.1 Å². The molecule has 1 aromatic carbocycles. The van der Waals surface area contributed by atoms with Crippen LogP contribution >= 0.6 is 0 Å². The van der Waals surface area contributed by atoms with Crippen molar-refractivity contribution in [2.24, 2.45) is 0 Å². The summed E-state index contributed by atoms with van der Waals surface area (Å²) in [5, 5.41) is 16.9. The number of rotatable bonds is 10. The van der Waals surface area contributed by atoms with Gasteiger partial charge in [0, 0.05) is 11.8 Å².